The summed E-state index contributed by atoms with van der Waals surface area (Å²) in [4.78, 5) is 12.5. The average molecular weight is 390 g/mol. The van der Waals surface area contributed by atoms with Crippen molar-refractivity contribution < 1.29 is 9.18 Å². The van der Waals surface area contributed by atoms with Crippen molar-refractivity contribution in [3.63, 3.8) is 0 Å². The van der Waals surface area contributed by atoms with Crippen molar-refractivity contribution in [3.05, 3.63) is 51.7 Å². The van der Waals surface area contributed by atoms with Gasteiger partial charge in [0, 0.05) is 15.1 Å². The van der Waals surface area contributed by atoms with Gasteiger partial charge in [-0.25, -0.2) is 4.39 Å². The molecule has 1 amide bonds. The van der Waals surface area contributed by atoms with Gasteiger partial charge in [-0.3, -0.25) is 4.79 Å². The van der Waals surface area contributed by atoms with Crippen LogP contribution in [0.25, 0.3) is 0 Å². The monoisotopic (exact) mass is 388 g/mol. The lowest BCUT2D eigenvalue weighted by atomic mass is 10.3. The zero-order chi connectivity index (χ0) is 15.4. The molecular formula is C14H11BrClFN2OS. The summed E-state index contributed by atoms with van der Waals surface area (Å²) in [6.07, 6.45) is 0. The second-order valence-electron chi connectivity index (χ2n) is 4.12. The van der Waals surface area contributed by atoms with Crippen LogP contribution < -0.4 is 11.1 Å². The Morgan fingerprint density at radius 3 is 2.81 bits per heavy atom. The first-order valence-corrected chi connectivity index (χ1v) is 8.04. The topological polar surface area (TPSA) is 55.1 Å². The van der Waals surface area contributed by atoms with E-state index in [2.05, 4.69) is 21.2 Å². The molecule has 3 N–H and O–H groups in total. The zero-order valence-electron chi connectivity index (χ0n) is 10.7. The molecular weight excluding hydrogens is 379 g/mol. The predicted octanol–water partition coefficient (Wildman–Crippen LogP) is 4.55. The summed E-state index contributed by atoms with van der Waals surface area (Å²) >= 11 is 10.4. The Balaban J connectivity index is 1.99. The number of rotatable bonds is 4. The van der Waals surface area contributed by atoms with E-state index in [1.54, 1.807) is 24.3 Å². The summed E-state index contributed by atoms with van der Waals surface area (Å²) < 4.78 is 14.2. The molecule has 110 valence electrons. The van der Waals surface area contributed by atoms with E-state index in [1.807, 2.05) is 0 Å². The number of benzene rings is 2. The lowest BCUT2D eigenvalue weighted by Crippen LogP contribution is -2.15. The number of nitrogens with two attached hydrogens (primary N) is 1. The van der Waals surface area contributed by atoms with Crippen molar-refractivity contribution in [2.75, 3.05) is 16.8 Å². The van der Waals surface area contributed by atoms with Gasteiger partial charge in [0.25, 0.3) is 0 Å². The van der Waals surface area contributed by atoms with Crippen molar-refractivity contribution in [2.24, 2.45) is 0 Å². The van der Waals surface area contributed by atoms with Gasteiger partial charge in [-0.05, 0) is 30.3 Å². The van der Waals surface area contributed by atoms with Crippen molar-refractivity contribution in [1.82, 2.24) is 0 Å². The normalized spacial score (nSPS) is 10.4. The van der Waals surface area contributed by atoms with Crippen LogP contribution in [0, 0.1) is 5.82 Å². The van der Waals surface area contributed by atoms with Crippen molar-refractivity contribution in [1.29, 1.82) is 0 Å². The molecule has 0 unspecified atom stereocenters. The molecule has 0 aromatic heterocycles. The molecule has 3 nitrogen and oxygen atoms in total. The summed E-state index contributed by atoms with van der Waals surface area (Å²) in [6, 6.07) is 9.57. The number of thioether (sulfide) groups is 1. The highest BCUT2D eigenvalue weighted by atomic mass is 79.9. The van der Waals surface area contributed by atoms with Gasteiger partial charge in [-0.15, -0.1) is 11.8 Å². The van der Waals surface area contributed by atoms with E-state index >= 15 is 0 Å². The molecule has 0 radical (unpaired) electrons. The number of carbonyl (C=O) groups excluding carboxylic acids is 1. The van der Waals surface area contributed by atoms with E-state index in [0.717, 1.165) is 0 Å². The maximum Gasteiger partial charge on any atom is 0.234 e. The van der Waals surface area contributed by atoms with Crippen molar-refractivity contribution in [3.8, 4) is 0 Å². The molecule has 2 aromatic carbocycles. The molecule has 0 aliphatic heterocycles. The highest BCUT2D eigenvalue weighted by molar-refractivity contribution is 9.10. The maximum atomic E-state index is 13.6. The largest absolute Gasteiger partial charge is 0.398 e. The number of hydrogen-bond acceptors (Lipinski definition) is 3. The Hall–Kier alpha value is -1.24. The van der Waals surface area contributed by atoms with Gasteiger partial charge < -0.3 is 11.1 Å². The van der Waals surface area contributed by atoms with E-state index in [1.165, 1.54) is 23.9 Å². The fraction of sp³-hybridized carbons (Fsp3) is 0.0714. The van der Waals surface area contributed by atoms with Crippen molar-refractivity contribution in [2.45, 2.75) is 4.90 Å². The Kier molecular flexibility index (Phi) is 5.50. The third-order valence-electron chi connectivity index (χ3n) is 2.55. The summed E-state index contributed by atoms with van der Waals surface area (Å²) in [5.74, 6) is -0.746. The molecule has 2 aromatic rings. The van der Waals surface area contributed by atoms with Gasteiger partial charge in [0.1, 0.15) is 5.82 Å². The van der Waals surface area contributed by atoms with Crippen LogP contribution >= 0.6 is 39.3 Å². The van der Waals surface area contributed by atoms with Gasteiger partial charge in [-0.2, -0.15) is 0 Å². The van der Waals surface area contributed by atoms with Crippen LogP contribution in [-0.4, -0.2) is 11.7 Å². The van der Waals surface area contributed by atoms with Crippen LogP contribution in [0.3, 0.4) is 0 Å². The average Bonchev–Trinajstić information content (AvgIpc) is 2.41. The second kappa shape index (κ2) is 7.15. The minimum absolute atomic E-state index is 0.0867. The second-order valence-corrected chi connectivity index (χ2v) is 6.43. The van der Waals surface area contributed by atoms with Gasteiger partial charge >= 0.3 is 0 Å². The van der Waals surface area contributed by atoms with E-state index in [0.29, 0.717) is 20.1 Å². The number of carbonyl (C=O) groups is 1. The number of halogens is 3. The lowest BCUT2D eigenvalue weighted by molar-refractivity contribution is -0.113. The van der Waals surface area contributed by atoms with Crippen molar-refractivity contribution >= 4 is 56.6 Å². The highest BCUT2D eigenvalue weighted by Gasteiger charge is 2.11. The quantitative estimate of drug-likeness (QED) is 0.595. The third-order valence-corrected chi connectivity index (χ3v) is 4.62. The van der Waals surface area contributed by atoms with E-state index in [9.17, 15) is 9.18 Å². The predicted molar refractivity (Wildman–Crippen MR) is 89.3 cm³/mol. The molecule has 0 atom stereocenters. The molecule has 0 fully saturated rings. The van der Waals surface area contributed by atoms with Gasteiger partial charge in [-0.1, -0.05) is 33.6 Å². The molecule has 0 saturated heterocycles. The Morgan fingerprint density at radius 1 is 1.38 bits per heavy atom. The fourth-order valence-corrected chi connectivity index (χ4v) is 3.06. The van der Waals surface area contributed by atoms with Crippen LogP contribution in [0.4, 0.5) is 15.8 Å². The highest BCUT2D eigenvalue weighted by Crippen LogP contribution is 2.32. The maximum absolute atomic E-state index is 13.6. The number of hydrogen-bond donors (Lipinski definition) is 2. The molecule has 0 aliphatic carbocycles. The standard InChI is InChI=1S/C14H11BrClFN2OS/c15-8-4-5-12(10(17)6-8)19-13(20)7-21-14-9(16)2-1-3-11(14)18/h1-6H,7,18H2,(H,19,20). The van der Waals surface area contributed by atoms with Crippen LogP contribution in [0.15, 0.2) is 45.8 Å². The minimum atomic E-state index is -0.500. The summed E-state index contributed by atoms with van der Waals surface area (Å²) in [5.41, 5.74) is 6.44. The molecule has 0 aliphatic rings. The first-order valence-electron chi connectivity index (χ1n) is 5.89. The zero-order valence-corrected chi connectivity index (χ0v) is 13.9. The Morgan fingerprint density at radius 2 is 2.14 bits per heavy atom. The smallest absolute Gasteiger partial charge is 0.234 e. The molecule has 0 spiro atoms. The molecule has 0 saturated carbocycles. The third kappa shape index (κ3) is 4.36. The Bertz CT molecular complexity index is 664. The lowest BCUT2D eigenvalue weighted by Gasteiger charge is -2.09. The first-order chi connectivity index (χ1) is 9.97. The molecule has 21 heavy (non-hydrogen) atoms. The number of nitrogens with one attached hydrogen (secondary N) is 1. The molecule has 0 bridgehead atoms. The summed E-state index contributed by atoms with van der Waals surface area (Å²) in [5, 5.41) is 3.00. The van der Waals surface area contributed by atoms with Gasteiger partial charge in [0.05, 0.1) is 16.5 Å². The fourth-order valence-electron chi connectivity index (χ4n) is 1.59. The molecule has 0 heterocycles. The summed E-state index contributed by atoms with van der Waals surface area (Å²) in [6.45, 7) is 0. The number of anilines is 2. The van der Waals surface area contributed by atoms with Crippen LogP contribution in [0.5, 0.6) is 0 Å². The first kappa shape index (κ1) is 16.1. The molecule has 7 heteroatoms. The van der Waals surface area contributed by atoms with Gasteiger partial charge in [0.15, 0.2) is 0 Å². The number of nitrogen functional groups attached to an aromatic ring is 1. The van der Waals surface area contributed by atoms with Crippen LogP contribution in [0.2, 0.25) is 5.02 Å². The molecule has 2 rings (SSSR count). The summed E-state index contributed by atoms with van der Waals surface area (Å²) in [7, 11) is 0. The Labute approximate surface area is 139 Å². The van der Waals surface area contributed by atoms with Crippen LogP contribution in [-0.2, 0) is 4.79 Å². The van der Waals surface area contributed by atoms with Crippen LogP contribution in [0.1, 0.15) is 0 Å². The van der Waals surface area contributed by atoms with E-state index in [-0.39, 0.29) is 17.3 Å². The number of amides is 1. The van der Waals surface area contributed by atoms with E-state index in [4.69, 9.17) is 17.3 Å². The SMILES string of the molecule is Nc1cccc(Cl)c1SCC(=O)Nc1ccc(Br)cc1F. The van der Waals surface area contributed by atoms with E-state index < -0.39 is 5.82 Å². The minimum Gasteiger partial charge on any atom is -0.398 e. The van der Waals surface area contributed by atoms with Gasteiger partial charge in [0.2, 0.25) is 5.91 Å².